The van der Waals surface area contributed by atoms with Crippen molar-refractivity contribution in [3.63, 3.8) is 0 Å². The molecule has 0 heterocycles. The molecule has 0 saturated heterocycles. The zero-order valence-electron chi connectivity index (χ0n) is 10.8. The zero-order chi connectivity index (χ0) is 12.6. The average Bonchev–Trinajstić information content (AvgIpc) is 2.82. The van der Waals surface area contributed by atoms with Crippen LogP contribution < -0.4 is 4.91 Å². The second-order valence-electron chi connectivity index (χ2n) is 4.59. The number of methoxy groups -OCH3 is 1. The predicted molar refractivity (Wildman–Crippen MR) is 64.5 cm³/mol. The summed E-state index contributed by atoms with van der Waals surface area (Å²) in [4.78, 5) is 15.4. The van der Waals surface area contributed by atoms with Gasteiger partial charge < -0.3 is 4.74 Å². The fraction of sp³-hybridized carbons (Fsp3) is 0.917. The van der Waals surface area contributed by atoms with E-state index in [1.54, 1.807) is 7.05 Å². The van der Waals surface area contributed by atoms with E-state index in [2.05, 4.69) is 15.1 Å². The van der Waals surface area contributed by atoms with E-state index in [9.17, 15) is 4.79 Å². The molecule has 0 bridgehead atoms. The lowest BCUT2D eigenvalue weighted by Gasteiger charge is -2.25. The lowest BCUT2D eigenvalue weighted by molar-refractivity contribution is -0.153. The normalized spacial score (nSPS) is 17.3. The van der Waals surface area contributed by atoms with Gasteiger partial charge in [0.05, 0.1) is 12.5 Å². The van der Waals surface area contributed by atoms with Crippen LogP contribution in [0.5, 0.6) is 0 Å². The van der Waals surface area contributed by atoms with Gasteiger partial charge in [0.25, 0.3) is 0 Å². The maximum absolute atomic E-state index is 11.8. The van der Waals surface area contributed by atoms with Crippen LogP contribution in [-0.2, 0) is 9.53 Å². The van der Waals surface area contributed by atoms with Gasteiger partial charge in [0.2, 0.25) is 4.91 Å². The molecule has 0 spiro atoms. The first-order chi connectivity index (χ1) is 8.25. The number of hydrogen-bond acceptors (Lipinski definition) is 4. The third-order valence-electron chi connectivity index (χ3n) is 3.50. The standard InChI is InChI=1S/C12H22N3O2/c1-13-15-14-10-6-5-9-12(11(16)17-2)7-3-4-8-12/h3-10H2,1-2H3/q+1. The van der Waals surface area contributed by atoms with Crippen LogP contribution in [0.15, 0.2) is 10.2 Å². The van der Waals surface area contributed by atoms with Crippen LogP contribution in [0.1, 0.15) is 44.9 Å². The Labute approximate surface area is 102 Å². The fourth-order valence-electron chi connectivity index (χ4n) is 2.58. The van der Waals surface area contributed by atoms with E-state index in [1.807, 2.05) is 0 Å². The molecule has 0 atom stereocenters. The third-order valence-corrected chi connectivity index (χ3v) is 3.50. The van der Waals surface area contributed by atoms with Gasteiger partial charge in [0.15, 0.2) is 0 Å². The number of carbonyl (C=O) groups is 1. The Hall–Kier alpha value is -1.22. The highest BCUT2D eigenvalue weighted by molar-refractivity contribution is 5.77. The summed E-state index contributed by atoms with van der Waals surface area (Å²) in [7, 11) is 3.09. The fourth-order valence-corrected chi connectivity index (χ4v) is 2.58. The lowest BCUT2D eigenvalue weighted by atomic mass is 9.81. The van der Waals surface area contributed by atoms with Crippen LogP contribution in [0.2, 0.25) is 0 Å². The summed E-state index contributed by atoms with van der Waals surface area (Å²) < 4.78 is 4.94. The number of unbranched alkanes of at least 4 members (excludes halogenated alkanes) is 1. The Bertz CT molecular complexity index is 303. The van der Waals surface area contributed by atoms with Crippen molar-refractivity contribution in [2.45, 2.75) is 44.9 Å². The van der Waals surface area contributed by atoms with E-state index in [1.165, 1.54) is 7.11 Å². The summed E-state index contributed by atoms with van der Waals surface area (Å²) in [6.45, 7) is 0.689. The largest absolute Gasteiger partial charge is 0.469 e. The van der Waals surface area contributed by atoms with Gasteiger partial charge in [-0.3, -0.25) is 4.79 Å². The molecule has 0 amide bonds. The molecule has 0 aliphatic heterocycles. The van der Waals surface area contributed by atoms with Crippen LogP contribution in [0.3, 0.4) is 0 Å². The first kappa shape index (κ1) is 13.8. The molecule has 1 aliphatic rings. The lowest BCUT2D eigenvalue weighted by Crippen LogP contribution is -2.29. The summed E-state index contributed by atoms with van der Waals surface area (Å²) >= 11 is 0. The highest BCUT2D eigenvalue weighted by Gasteiger charge is 2.41. The van der Waals surface area contributed by atoms with Crippen molar-refractivity contribution in [3.8, 4) is 0 Å². The average molecular weight is 240 g/mol. The van der Waals surface area contributed by atoms with Gasteiger partial charge in [-0.05, 0) is 25.7 Å². The quantitative estimate of drug-likeness (QED) is 0.310. The number of hydrogen-bond donors (Lipinski definition) is 0. The van der Waals surface area contributed by atoms with Crippen LogP contribution >= 0.6 is 0 Å². The number of rotatable bonds is 6. The van der Waals surface area contributed by atoms with Gasteiger partial charge in [-0.15, -0.1) is 0 Å². The number of carbonyl (C=O) groups excluding carboxylic acids is 1. The van der Waals surface area contributed by atoms with Crippen molar-refractivity contribution in [3.05, 3.63) is 0 Å². The molecular formula is C12H22N3O2+. The molecule has 5 heteroatoms. The van der Waals surface area contributed by atoms with Crippen LogP contribution in [0.25, 0.3) is 0 Å². The highest BCUT2D eigenvalue weighted by Crippen LogP contribution is 2.43. The summed E-state index contributed by atoms with van der Waals surface area (Å²) in [5, 5.41) is 7.43. The van der Waals surface area contributed by atoms with Crippen molar-refractivity contribution in [2.24, 2.45) is 15.6 Å². The minimum atomic E-state index is -0.207. The number of esters is 1. The molecule has 0 N–H and O–H groups in total. The molecule has 1 saturated carbocycles. The topological polar surface area (TPSA) is 65.1 Å². The molecule has 0 aromatic rings. The van der Waals surface area contributed by atoms with Crippen LogP contribution in [0, 0.1) is 5.41 Å². The molecule has 0 aromatic carbocycles. The molecule has 17 heavy (non-hydrogen) atoms. The van der Waals surface area contributed by atoms with E-state index in [0.29, 0.717) is 6.54 Å². The van der Waals surface area contributed by atoms with E-state index in [-0.39, 0.29) is 11.4 Å². The Morgan fingerprint density at radius 2 is 2.06 bits per heavy atom. The molecule has 0 radical (unpaired) electrons. The van der Waals surface area contributed by atoms with E-state index in [4.69, 9.17) is 4.74 Å². The van der Waals surface area contributed by atoms with Crippen LogP contribution in [0.4, 0.5) is 0 Å². The minimum Gasteiger partial charge on any atom is -0.469 e. The van der Waals surface area contributed by atoms with Crippen molar-refractivity contribution < 1.29 is 9.53 Å². The SMILES string of the molecule is CN=[N+]=NCCCCC1(C(=O)OC)CCCC1. The van der Waals surface area contributed by atoms with Gasteiger partial charge >= 0.3 is 5.97 Å². The first-order valence-electron chi connectivity index (χ1n) is 6.29. The van der Waals surface area contributed by atoms with Crippen molar-refractivity contribution >= 4 is 5.97 Å². The Morgan fingerprint density at radius 3 is 2.65 bits per heavy atom. The molecule has 96 valence electrons. The Kier molecular flexibility index (Phi) is 5.84. The number of ether oxygens (including phenoxy) is 1. The van der Waals surface area contributed by atoms with Crippen LogP contribution in [-0.4, -0.2) is 26.7 Å². The molecule has 0 unspecified atom stereocenters. The smallest absolute Gasteiger partial charge is 0.311 e. The summed E-state index contributed by atoms with van der Waals surface area (Å²) in [6.07, 6.45) is 7.11. The maximum Gasteiger partial charge on any atom is 0.311 e. The Morgan fingerprint density at radius 1 is 1.35 bits per heavy atom. The molecule has 1 aliphatic carbocycles. The van der Waals surface area contributed by atoms with Gasteiger partial charge in [0, 0.05) is 0 Å². The van der Waals surface area contributed by atoms with Gasteiger partial charge in [-0.25, -0.2) is 0 Å². The van der Waals surface area contributed by atoms with Gasteiger partial charge in [-0.1, -0.05) is 19.3 Å². The molecule has 0 aromatic heterocycles. The second-order valence-corrected chi connectivity index (χ2v) is 4.59. The summed E-state index contributed by atoms with van der Waals surface area (Å²) in [5.74, 6) is -0.0276. The Balaban J connectivity index is 2.35. The van der Waals surface area contributed by atoms with Crippen molar-refractivity contribution in [2.75, 3.05) is 20.7 Å². The van der Waals surface area contributed by atoms with Gasteiger partial charge in [0.1, 0.15) is 23.8 Å². The predicted octanol–water partition coefficient (Wildman–Crippen LogP) is 2.49. The van der Waals surface area contributed by atoms with Gasteiger partial charge in [-0.2, -0.15) is 0 Å². The second kappa shape index (κ2) is 7.17. The molecule has 5 nitrogen and oxygen atoms in total. The molecular weight excluding hydrogens is 218 g/mol. The summed E-state index contributed by atoms with van der Waals surface area (Å²) in [6, 6.07) is 0. The van der Waals surface area contributed by atoms with Crippen molar-refractivity contribution in [1.29, 1.82) is 0 Å². The molecule has 1 rings (SSSR count). The highest BCUT2D eigenvalue weighted by atomic mass is 16.5. The third kappa shape index (κ3) is 3.93. The van der Waals surface area contributed by atoms with Crippen molar-refractivity contribution in [1.82, 2.24) is 4.91 Å². The minimum absolute atomic E-state index is 0.0276. The summed E-state index contributed by atoms with van der Waals surface area (Å²) in [5.41, 5.74) is -0.207. The molecule has 1 fully saturated rings. The number of nitrogens with zero attached hydrogens (tertiary/aromatic N) is 3. The monoisotopic (exact) mass is 240 g/mol. The van der Waals surface area contributed by atoms with E-state index in [0.717, 1.165) is 44.9 Å². The van der Waals surface area contributed by atoms with E-state index >= 15 is 0 Å². The zero-order valence-corrected chi connectivity index (χ0v) is 10.8. The van der Waals surface area contributed by atoms with E-state index < -0.39 is 0 Å². The first-order valence-corrected chi connectivity index (χ1v) is 6.29. The maximum atomic E-state index is 11.8.